The second-order valence-corrected chi connectivity index (χ2v) is 9.71. The first kappa shape index (κ1) is 24.8. The van der Waals surface area contributed by atoms with Gasteiger partial charge >= 0.3 is 0 Å². The average Bonchev–Trinajstić information content (AvgIpc) is 2.87. The number of fused-ring (bicyclic) bond motifs is 1. The second-order valence-electron chi connectivity index (χ2n) is 9.71. The number of methoxy groups -OCH3 is 1. The zero-order valence-corrected chi connectivity index (χ0v) is 20.9. The van der Waals surface area contributed by atoms with Gasteiger partial charge in [-0.05, 0) is 60.7 Å². The summed E-state index contributed by atoms with van der Waals surface area (Å²) in [6, 6.07) is 15.0. The summed E-state index contributed by atoms with van der Waals surface area (Å²) in [5, 5.41) is 3.51. The molecule has 6 nitrogen and oxygen atoms in total. The average molecular weight is 469 g/mol. The molecule has 1 fully saturated rings. The SMILES string of the molecule is COCCCN1CCOc2ccc(CO[C@H]3CNCC[C@@H]3c3ccc(OCC(C)C)cc3)cc21. The van der Waals surface area contributed by atoms with Crippen LogP contribution < -0.4 is 19.7 Å². The van der Waals surface area contributed by atoms with Gasteiger partial charge in [-0.25, -0.2) is 0 Å². The molecule has 0 amide bonds. The highest BCUT2D eigenvalue weighted by Gasteiger charge is 2.27. The normalized spacial score (nSPS) is 20.2. The highest BCUT2D eigenvalue weighted by atomic mass is 16.5. The third-order valence-corrected chi connectivity index (χ3v) is 6.54. The summed E-state index contributed by atoms with van der Waals surface area (Å²) in [6.07, 6.45) is 2.22. The fourth-order valence-electron chi connectivity index (χ4n) is 4.70. The first-order chi connectivity index (χ1) is 16.6. The lowest BCUT2D eigenvalue weighted by molar-refractivity contribution is 0.0106. The van der Waals surface area contributed by atoms with E-state index in [1.807, 2.05) is 0 Å². The van der Waals surface area contributed by atoms with Crippen LogP contribution in [0.1, 0.15) is 43.7 Å². The summed E-state index contributed by atoms with van der Waals surface area (Å²) in [7, 11) is 1.76. The lowest BCUT2D eigenvalue weighted by atomic mass is 9.87. The van der Waals surface area contributed by atoms with Crippen LogP contribution in [0.5, 0.6) is 11.5 Å². The number of piperidine rings is 1. The van der Waals surface area contributed by atoms with Gasteiger partial charge in [-0.1, -0.05) is 32.0 Å². The number of rotatable bonds is 11. The van der Waals surface area contributed by atoms with Crippen molar-refractivity contribution in [2.75, 3.05) is 58.0 Å². The van der Waals surface area contributed by atoms with Gasteiger partial charge in [0.25, 0.3) is 0 Å². The molecule has 0 saturated carbocycles. The predicted octanol–water partition coefficient (Wildman–Crippen LogP) is 4.62. The van der Waals surface area contributed by atoms with Crippen molar-refractivity contribution in [3.63, 3.8) is 0 Å². The highest BCUT2D eigenvalue weighted by Crippen LogP contribution is 2.34. The smallest absolute Gasteiger partial charge is 0.142 e. The van der Waals surface area contributed by atoms with Gasteiger partial charge in [-0.2, -0.15) is 0 Å². The van der Waals surface area contributed by atoms with Crippen molar-refractivity contribution in [3.05, 3.63) is 53.6 Å². The number of hydrogen-bond donors (Lipinski definition) is 1. The Hall–Kier alpha value is -2.28. The Labute approximate surface area is 204 Å². The second kappa shape index (κ2) is 12.4. The van der Waals surface area contributed by atoms with Gasteiger partial charge in [-0.3, -0.25) is 0 Å². The van der Waals surface area contributed by atoms with Gasteiger partial charge < -0.3 is 29.2 Å². The van der Waals surface area contributed by atoms with Crippen LogP contribution in [0.2, 0.25) is 0 Å². The minimum absolute atomic E-state index is 0.140. The zero-order valence-electron chi connectivity index (χ0n) is 20.9. The maximum atomic E-state index is 6.50. The lowest BCUT2D eigenvalue weighted by Crippen LogP contribution is -2.41. The largest absolute Gasteiger partial charge is 0.493 e. The summed E-state index contributed by atoms with van der Waals surface area (Å²) in [5.41, 5.74) is 3.67. The third-order valence-electron chi connectivity index (χ3n) is 6.54. The van der Waals surface area contributed by atoms with E-state index in [1.54, 1.807) is 7.11 Å². The Morgan fingerprint density at radius 2 is 2.00 bits per heavy atom. The number of hydrogen-bond acceptors (Lipinski definition) is 6. The molecule has 1 saturated heterocycles. The van der Waals surface area contributed by atoms with E-state index in [0.29, 0.717) is 18.4 Å². The molecule has 186 valence electrons. The molecule has 2 aliphatic rings. The molecule has 0 aromatic heterocycles. The zero-order chi connectivity index (χ0) is 23.8. The molecule has 34 heavy (non-hydrogen) atoms. The fourth-order valence-corrected chi connectivity index (χ4v) is 4.70. The Bertz CT molecular complexity index is 886. The molecule has 0 aliphatic carbocycles. The molecular formula is C28H40N2O4. The van der Waals surface area contributed by atoms with Crippen molar-refractivity contribution < 1.29 is 18.9 Å². The summed E-state index contributed by atoms with van der Waals surface area (Å²) in [5.74, 6) is 2.81. The number of nitrogens with zero attached hydrogens (tertiary/aromatic N) is 1. The van der Waals surface area contributed by atoms with Crippen molar-refractivity contribution in [2.24, 2.45) is 5.92 Å². The Morgan fingerprint density at radius 1 is 1.15 bits per heavy atom. The molecule has 2 aromatic carbocycles. The van der Waals surface area contributed by atoms with E-state index < -0.39 is 0 Å². The molecule has 2 aliphatic heterocycles. The predicted molar refractivity (Wildman–Crippen MR) is 136 cm³/mol. The first-order valence-corrected chi connectivity index (χ1v) is 12.7. The molecule has 2 aromatic rings. The van der Waals surface area contributed by atoms with Crippen LogP contribution in [-0.2, 0) is 16.1 Å². The van der Waals surface area contributed by atoms with Gasteiger partial charge in [-0.15, -0.1) is 0 Å². The van der Waals surface area contributed by atoms with Gasteiger partial charge in [0.2, 0.25) is 0 Å². The standard InChI is InChI=1S/C28H40N2O4/c1-21(2)19-33-24-8-6-23(7-9-24)25-11-12-29-18-28(25)34-20-22-5-10-27-26(17-22)30(14-16-32-27)13-4-15-31-3/h5-10,17,21,25,28-29H,4,11-16,18-20H2,1-3H3/t25-,28+/m1/s1. The molecule has 0 spiro atoms. The van der Waals surface area contributed by atoms with Crippen LogP contribution in [0.25, 0.3) is 0 Å². The van der Waals surface area contributed by atoms with Crippen LogP contribution in [0.3, 0.4) is 0 Å². The maximum Gasteiger partial charge on any atom is 0.142 e. The van der Waals surface area contributed by atoms with Crippen molar-refractivity contribution in [1.29, 1.82) is 0 Å². The monoisotopic (exact) mass is 468 g/mol. The minimum atomic E-state index is 0.140. The molecule has 0 unspecified atom stereocenters. The van der Waals surface area contributed by atoms with Crippen LogP contribution in [0.15, 0.2) is 42.5 Å². The van der Waals surface area contributed by atoms with Gasteiger partial charge in [0.15, 0.2) is 0 Å². The molecule has 6 heteroatoms. The van der Waals surface area contributed by atoms with Gasteiger partial charge in [0, 0.05) is 32.7 Å². The minimum Gasteiger partial charge on any atom is -0.493 e. The van der Waals surface area contributed by atoms with E-state index in [2.05, 4.69) is 66.5 Å². The quantitative estimate of drug-likeness (QED) is 0.486. The molecular weight excluding hydrogens is 428 g/mol. The van der Waals surface area contributed by atoms with E-state index >= 15 is 0 Å². The fraction of sp³-hybridized carbons (Fsp3) is 0.571. The molecule has 0 radical (unpaired) electrons. The molecule has 2 atom stereocenters. The van der Waals surface area contributed by atoms with Crippen molar-refractivity contribution in [3.8, 4) is 11.5 Å². The maximum absolute atomic E-state index is 6.50. The highest BCUT2D eigenvalue weighted by molar-refractivity contribution is 5.61. The Morgan fingerprint density at radius 3 is 2.79 bits per heavy atom. The van der Waals surface area contributed by atoms with E-state index in [0.717, 1.165) is 70.3 Å². The van der Waals surface area contributed by atoms with E-state index in [1.165, 1.54) is 16.8 Å². The van der Waals surface area contributed by atoms with Crippen LogP contribution >= 0.6 is 0 Å². The van der Waals surface area contributed by atoms with Crippen LogP contribution in [0.4, 0.5) is 5.69 Å². The van der Waals surface area contributed by atoms with Gasteiger partial charge in [0.05, 0.1) is 31.5 Å². The van der Waals surface area contributed by atoms with E-state index in [4.69, 9.17) is 18.9 Å². The number of ether oxygens (including phenoxy) is 4. The number of nitrogens with one attached hydrogen (secondary N) is 1. The number of anilines is 1. The van der Waals surface area contributed by atoms with Gasteiger partial charge in [0.1, 0.15) is 18.1 Å². The van der Waals surface area contributed by atoms with Crippen molar-refractivity contribution in [2.45, 2.75) is 45.3 Å². The summed E-state index contributed by atoms with van der Waals surface area (Å²) < 4.78 is 23.5. The van der Waals surface area contributed by atoms with E-state index in [-0.39, 0.29) is 6.10 Å². The number of benzene rings is 2. The summed E-state index contributed by atoms with van der Waals surface area (Å²) >= 11 is 0. The first-order valence-electron chi connectivity index (χ1n) is 12.7. The summed E-state index contributed by atoms with van der Waals surface area (Å²) in [6.45, 7) is 10.9. The Kier molecular flexibility index (Phi) is 9.08. The van der Waals surface area contributed by atoms with E-state index in [9.17, 15) is 0 Å². The Balaban J connectivity index is 1.38. The van der Waals surface area contributed by atoms with Crippen molar-refractivity contribution in [1.82, 2.24) is 5.32 Å². The lowest BCUT2D eigenvalue weighted by Gasteiger charge is -2.33. The summed E-state index contributed by atoms with van der Waals surface area (Å²) in [4.78, 5) is 2.40. The topological polar surface area (TPSA) is 52.2 Å². The van der Waals surface area contributed by atoms with Crippen LogP contribution in [0, 0.1) is 5.92 Å². The molecule has 2 heterocycles. The van der Waals surface area contributed by atoms with Crippen molar-refractivity contribution >= 4 is 5.69 Å². The molecule has 4 rings (SSSR count). The third kappa shape index (κ3) is 6.65. The van der Waals surface area contributed by atoms with Crippen LogP contribution in [-0.4, -0.2) is 59.2 Å². The molecule has 1 N–H and O–H groups in total. The molecule has 0 bridgehead atoms.